The van der Waals surface area contributed by atoms with Crippen LogP contribution in [-0.2, 0) is 6.54 Å². The lowest BCUT2D eigenvalue weighted by Gasteiger charge is -2.08. The Morgan fingerprint density at radius 2 is 2.05 bits per heavy atom. The summed E-state index contributed by atoms with van der Waals surface area (Å²) in [6.45, 7) is 0.371. The second kappa shape index (κ2) is 4.53. The molecule has 0 radical (unpaired) electrons. The topological polar surface area (TPSA) is 73.8 Å². The number of hydrogen-bond donors (Lipinski definition) is 1. The Hall–Kier alpha value is -2.69. The second-order valence-electron chi connectivity index (χ2n) is 4.27. The monoisotopic (exact) mass is 252 g/mol. The van der Waals surface area contributed by atoms with E-state index in [2.05, 4.69) is 9.97 Å². The van der Waals surface area contributed by atoms with Crippen molar-refractivity contribution in [2.24, 2.45) is 0 Å². The lowest BCUT2D eigenvalue weighted by atomic mass is 10.1. The fourth-order valence-corrected chi connectivity index (χ4v) is 1.98. The molecule has 3 rings (SSSR count). The molecule has 0 atom stereocenters. The first kappa shape index (κ1) is 11.4. The van der Waals surface area contributed by atoms with E-state index >= 15 is 0 Å². The van der Waals surface area contributed by atoms with Crippen molar-refractivity contribution in [1.82, 2.24) is 14.5 Å². The van der Waals surface area contributed by atoms with Crippen LogP contribution >= 0.6 is 0 Å². The summed E-state index contributed by atoms with van der Waals surface area (Å²) < 4.78 is 1.50. The third-order valence-electron chi connectivity index (χ3n) is 2.97. The molecule has 19 heavy (non-hydrogen) atoms. The van der Waals surface area contributed by atoms with Crippen molar-refractivity contribution < 1.29 is 0 Å². The summed E-state index contributed by atoms with van der Waals surface area (Å²) in [5, 5.41) is 1.00. The molecule has 0 aliphatic heterocycles. The van der Waals surface area contributed by atoms with Crippen LogP contribution in [0.2, 0.25) is 0 Å². The van der Waals surface area contributed by atoms with Gasteiger partial charge in [-0.05, 0) is 12.1 Å². The number of pyridine rings is 1. The van der Waals surface area contributed by atoms with Gasteiger partial charge in [0.15, 0.2) is 0 Å². The van der Waals surface area contributed by atoms with Gasteiger partial charge in [-0.3, -0.25) is 9.36 Å². The van der Waals surface area contributed by atoms with Crippen LogP contribution in [0.1, 0.15) is 5.56 Å². The van der Waals surface area contributed by atoms with Crippen molar-refractivity contribution in [1.29, 1.82) is 0 Å². The van der Waals surface area contributed by atoms with Crippen molar-refractivity contribution in [3.05, 3.63) is 64.8 Å². The van der Waals surface area contributed by atoms with Gasteiger partial charge in [-0.1, -0.05) is 18.2 Å². The molecule has 0 saturated carbocycles. The Morgan fingerprint density at radius 3 is 2.89 bits per heavy atom. The third-order valence-corrected chi connectivity index (χ3v) is 2.97. The molecule has 5 nitrogen and oxygen atoms in total. The predicted octanol–water partition coefficient (Wildman–Crippen LogP) is 1.42. The molecular formula is C14H12N4O. The van der Waals surface area contributed by atoms with Gasteiger partial charge in [0, 0.05) is 23.2 Å². The van der Waals surface area contributed by atoms with Crippen LogP contribution in [0.3, 0.4) is 0 Å². The van der Waals surface area contributed by atoms with E-state index in [1.54, 1.807) is 0 Å². The summed E-state index contributed by atoms with van der Waals surface area (Å²) in [6.07, 6.45) is 2.97. The number of rotatable bonds is 2. The normalized spacial score (nSPS) is 10.7. The van der Waals surface area contributed by atoms with Gasteiger partial charge >= 0.3 is 0 Å². The van der Waals surface area contributed by atoms with Gasteiger partial charge in [-0.25, -0.2) is 9.97 Å². The van der Waals surface area contributed by atoms with E-state index in [1.165, 1.54) is 23.2 Å². The molecule has 2 N–H and O–H groups in total. The van der Waals surface area contributed by atoms with Crippen LogP contribution in [-0.4, -0.2) is 14.5 Å². The van der Waals surface area contributed by atoms with E-state index in [1.807, 2.05) is 30.3 Å². The maximum absolute atomic E-state index is 11.7. The SMILES string of the molecule is Nc1nc2ccccc2cc1Cn1cnccc1=O. The zero-order chi connectivity index (χ0) is 13.2. The van der Waals surface area contributed by atoms with E-state index in [0.29, 0.717) is 12.4 Å². The summed E-state index contributed by atoms with van der Waals surface area (Å²) in [4.78, 5) is 19.9. The molecule has 0 aliphatic rings. The predicted molar refractivity (Wildman–Crippen MR) is 73.8 cm³/mol. The minimum absolute atomic E-state index is 0.109. The smallest absolute Gasteiger partial charge is 0.253 e. The van der Waals surface area contributed by atoms with E-state index in [-0.39, 0.29) is 5.56 Å². The molecule has 1 aromatic carbocycles. The Morgan fingerprint density at radius 1 is 1.21 bits per heavy atom. The maximum atomic E-state index is 11.7. The lowest BCUT2D eigenvalue weighted by Crippen LogP contribution is -2.20. The molecule has 5 heteroatoms. The first-order valence-electron chi connectivity index (χ1n) is 5.88. The summed E-state index contributed by atoms with van der Waals surface area (Å²) in [6, 6.07) is 11.1. The zero-order valence-corrected chi connectivity index (χ0v) is 10.2. The number of hydrogen-bond acceptors (Lipinski definition) is 4. The molecule has 0 spiro atoms. The summed E-state index contributed by atoms with van der Waals surface area (Å²) >= 11 is 0. The molecule has 0 bridgehead atoms. The summed E-state index contributed by atoms with van der Waals surface area (Å²) in [5.41, 5.74) is 7.49. The maximum Gasteiger partial charge on any atom is 0.253 e. The molecule has 2 aromatic heterocycles. The Balaban J connectivity index is 2.08. The van der Waals surface area contributed by atoms with Gasteiger partial charge in [0.05, 0.1) is 18.4 Å². The molecule has 0 unspecified atom stereocenters. The minimum atomic E-state index is -0.109. The van der Waals surface area contributed by atoms with Crippen LogP contribution in [0.4, 0.5) is 5.82 Å². The molecule has 0 fully saturated rings. The van der Waals surface area contributed by atoms with E-state index in [4.69, 9.17) is 5.73 Å². The number of fused-ring (bicyclic) bond motifs is 1. The van der Waals surface area contributed by atoms with Crippen molar-refractivity contribution in [3.8, 4) is 0 Å². The Kier molecular flexibility index (Phi) is 2.72. The zero-order valence-electron chi connectivity index (χ0n) is 10.2. The largest absolute Gasteiger partial charge is 0.383 e. The molecule has 3 aromatic rings. The first-order valence-corrected chi connectivity index (χ1v) is 5.88. The molecule has 2 heterocycles. The van der Waals surface area contributed by atoms with Gasteiger partial charge < -0.3 is 5.73 Å². The average molecular weight is 252 g/mol. The van der Waals surface area contributed by atoms with Crippen LogP contribution < -0.4 is 11.3 Å². The third kappa shape index (κ3) is 2.18. The van der Waals surface area contributed by atoms with Gasteiger partial charge in [0.2, 0.25) is 0 Å². The number of aromatic nitrogens is 3. The van der Waals surface area contributed by atoms with Crippen LogP contribution in [0.15, 0.2) is 53.7 Å². The summed E-state index contributed by atoms with van der Waals surface area (Å²) in [7, 11) is 0. The number of nitrogens with zero attached hydrogens (tertiary/aromatic N) is 3. The van der Waals surface area contributed by atoms with E-state index in [0.717, 1.165) is 16.5 Å². The highest BCUT2D eigenvalue weighted by molar-refractivity contribution is 5.81. The fourth-order valence-electron chi connectivity index (χ4n) is 1.98. The molecule has 94 valence electrons. The number of para-hydroxylation sites is 1. The van der Waals surface area contributed by atoms with E-state index in [9.17, 15) is 4.79 Å². The van der Waals surface area contributed by atoms with Gasteiger partial charge in [0.1, 0.15) is 5.82 Å². The van der Waals surface area contributed by atoms with E-state index < -0.39 is 0 Å². The highest BCUT2D eigenvalue weighted by atomic mass is 16.1. The van der Waals surface area contributed by atoms with Crippen molar-refractivity contribution in [2.45, 2.75) is 6.54 Å². The van der Waals surface area contributed by atoms with Crippen molar-refractivity contribution in [3.63, 3.8) is 0 Å². The Bertz CT molecular complexity index is 795. The Labute approximate surface area is 109 Å². The molecule has 0 aliphatic carbocycles. The second-order valence-corrected chi connectivity index (χ2v) is 4.27. The minimum Gasteiger partial charge on any atom is -0.383 e. The highest BCUT2D eigenvalue weighted by Gasteiger charge is 2.05. The summed E-state index contributed by atoms with van der Waals surface area (Å²) in [5.74, 6) is 0.439. The number of nitrogen functional groups attached to an aromatic ring is 1. The fraction of sp³-hybridized carbons (Fsp3) is 0.0714. The highest BCUT2D eigenvalue weighted by Crippen LogP contribution is 2.18. The number of anilines is 1. The van der Waals surface area contributed by atoms with Gasteiger partial charge in [0.25, 0.3) is 5.56 Å². The van der Waals surface area contributed by atoms with Gasteiger partial charge in [-0.2, -0.15) is 0 Å². The molecule has 0 amide bonds. The number of benzene rings is 1. The molecular weight excluding hydrogens is 240 g/mol. The van der Waals surface area contributed by atoms with Crippen molar-refractivity contribution in [2.75, 3.05) is 5.73 Å². The number of nitrogens with two attached hydrogens (primary N) is 1. The quantitative estimate of drug-likeness (QED) is 0.748. The first-order chi connectivity index (χ1) is 9.24. The van der Waals surface area contributed by atoms with Crippen LogP contribution in [0, 0.1) is 0 Å². The van der Waals surface area contributed by atoms with Crippen LogP contribution in [0.25, 0.3) is 10.9 Å². The van der Waals surface area contributed by atoms with Crippen molar-refractivity contribution >= 4 is 16.7 Å². The van der Waals surface area contributed by atoms with Gasteiger partial charge in [-0.15, -0.1) is 0 Å². The standard InChI is InChI=1S/C14H12N4O/c15-14-11(8-18-9-16-6-5-13(18)19)7-10-3-1-2-4-12(10)17-14/h1-7,9H,8H2,(H2,15,17). The average Bonchev–Trinajstić information content (AvgIpc) is 2.42. The molecule has 0 saturated heterocycles. The lowest BCUT2D eigenvalue weighted by molar-refractivity contribution is 0.736. The van der Waals surface area contributed by atoms with Crippen LogP contribution in [0.5, 0.6) is 0 Å².